The number of rotatable bonds is 7. The molecule has 6 heteroatoms. The predicted octanol–water partition coefficient (Wildman–Crippen LogP) is 9.75. The maximum atomic E-state index is 13.9. The molecule has 0 saturated heterocycles. The Bertz CT molecular complexity index is 997. The number of carbonyl (C=O) groups excluding carboxylic acids is 1. The van der Waals surface area contributed by atoms with Gasteiger partial charge in [0.2, 0.25) is 0 Å². The summed E-state index contributed by atoms with van der Waals surface area (Å²) in [4.78, 5) is 13.9. The number of carbonyl (C=O) groups is 1. The summed E-state index contributed by atoms with van der Waals surface area (Å²) in [5, 5.41) is 9.42. The number of Topliss-reactive ketones (excluding diaryl/α,β-unsaturated/α-hetero) is 1. The van der Waals surface area contributed by atoms with Crippen LogP contribution in [0.4, 0.5) is 0 Å². The molecule has 0 spiro atoms. The normalized spacial score (nSPS) is 32.1. The lowest BCUT2D eigenvalue weighted by Crippen LogP contribution is -2.53. The van der Waals surface area contributed by atoms with Gasteiger partial charge in [-0.1, -0.05) is 78.7 Å². The molecule has 3 rings (SSSR count). The van der Waals surface area contributed by atoms with Crippen LogP contribution in [0.5, 0.6) is 0 Å². The molecule has 0 N–H and O–H groups in total. The maximum Gasteiger partial charge on any atom is 0.193 e. The lowest BCUT2D eigenvalue weighted by molar-refractivity contribution is -0.135. The van der Waals surface area contributed by atoms with Crippen molar-refractivity contribution in [2.45, 2.75) is 155 Å². The molecule has 226 valence electrons. The number of nitriles is 1. The van der Waals surface area contributed by atoms with E-state index in [1.165, 1.54) is 31.3 Å². The second-order valence-electron chi connectivity index (χ2n) is 16.5. The van der Waals surface area contributed by atoms with Crippen LogP contribution in [0.15, 0.2) is 23.3 Å². The Morgan fingerprint density at radius 2 is 1.50 bits per heavy atom. The van der Waals surface area contributed by atoms with E-state index in [-0.39, 0.29) is 15.9 Å². The van der Waals surface area contributed by atoms with Crippen molar-refractivity contribution in [1.82, 2.24) is 0 Å². The molecule has 3 aliphatic carbocycles. The van der Waals surface area contributed by atoms with Gasteiger partial charge in [0.15, 0.2) is 22.4 Å². The van der Waals surface area contributed by atoms with E-state index in [1.807, 2.05) is 0 Å². The summed E-state index contributed by atoms with van der Waals surface area (Å²) in [5.41, 5.74) is 3.16. The Morgan fingerprint density at radius 1 is 0.975 bits per heavy atom. The van der Waals surface area contributed by atoms with Crippen molar-refractivity contribution in [2.24, 2.45) is 23.2 Å². The monoisotopic (exact) mass is 585 g/mol. The zero-order valence-electron chi connectivity index (χ0n) is 27.9. The molecule has 4 nitrogen and oxygen atoms in total. The van der Waals surface area contributed by atoms with Crippen LogP contribution in [0.2, 0.25) is 36.3 Å². The predicted molar refractivity (Wildman–Crippen MR) is 172 cm³/mol. The molecule has 0 radical (unpaired) electrons. The van der Waals surface area contributed by atoms with Gasteiger partial charge in [-0.15, -0.1) is 0 Å². The lowest BCUT2D eigenvalue weighted by Gasteiger charge is -2.44. The molecule has 0 aromatic carbocycles. The third-order valence-corrected chi connectivity index (χ3v) is 20.7. The van der Waals surface area contributed by atoms with Crippen LogP contribution < -0.4 is 0 Å². The topological polar surface area (TPSA) is 59.3 Å². The second-order valence-corrected chi connectivity index (χ2v) is 26.1. The van der Waals surface area contributed by atoms with E-state index in [2.05, 4.69) is 99.8 Å². The average Bonchev–Trinajstić information content (AvgIpc) is 3.16. The van der Waals surface area contributed by atoms with Crippen molar-refractivity contribution in [3.8, 4) is 6.07 Å². The van der Waals surface area contributed by atoms with Crippen LogP contribution in [-0.4, -0.2) is 34.6 Å². The van der Waals surface area contributed by atoms with Gasteiger partial charge in [0.1, 0.15) is 12.2 Å². The summed E-state index contributed by atoms with van der Waals surface area (Å²) in [5.74, 6) is 1.84. The van der Waals surface area contributed by atoms with Crippen molar-refractivity contribution in [3.63, 3.8) is 0 Å². The summed E-state index contributed by atoms with van der Waals surface area (Å²) in [6.07, 6.45) is 12.0. The molecule has 0 aromatic rings. The molecule has 0 amide bonds. The summed E-state index contributed by atoms with van der Waals surface area (Å²) in [6, 6.07) is 2.43. The summed E-state index contributed by atoms with van der Waals surface area (Å²) in [6.45, 7) is 27.2. The minimum absolute atomic E-state index is 0.0423. The maximum absolute atomic E-state index is 13.9. The standard InChI is InChI=1S/C34H59NO3Si2/c1-24(19-21-35)27-17-18-28-26(14-13-20-34(27,28)8)16-15-25-22-29(37-39(9,10)32(2,3)4)31(36)30(23-25)38-40(11,12)33(5,6)7/h15-16,24,27-30H,13-14,17-20,22-23H2,1-12H3/b25-15?,26-16+/t24-,27?,28?,29?,30?,34?/m0/s1. The fourth-order valence-corrected chi connectivity index (χ4v) is 9.62. The van der Waals surface area contributed by atoms with E-state index in [1.54, 1.807) is 5.57 Å². The molecule has 40 heavy (non-hydrogen) atoms. The molecule has 0 bridgehead atoms. The van der Waals surface area contributed by atoms with Gasteiger partial charge in [-0.25, -0.2) is 0 Å². The van der Waals surface area contributed by atoms with Crippen LogP contribution in [0.25, 0.3) is 0 Å². The van der Waals surface area contributed by atoms with E-state index < -0.39 is 28.8 Å². The van der Waals surface area contributed by atoms with Gasteiger partial charge >= 0.3 is 0 Å². The van der Waals surface area contributed by atoms with E-state index in [0.717, 1.165) is 6.42 Å². The fourth-order valence-electron chi connectivity index (χ4n) is 7.09. The first kappa shape index (κ1) is 33.5. The fraction of sp³-hybridized carbons (Fsp3) is 0.824. The number of nitrogens with zero attached hydrogens (tertiary/aromatic N) is 1. The minimum Gasteiger partial charge on any atom is -0.406 e. The quantitative estimate of drug-likeness (QED) is 0.279. The molecular weight excluding hydrogens is 527 g/mol. The zero-order valence-corrected chi connectivity index (χ0v) is 29.9. The largest absolute Gasteiger partial charge is 0.406 e. The molecule has 5 unspecified atom stereocenters. The van der Waals surface area contributed by atoms with Crippen molar-refractivity contribution < 1.29 is 13.6 Å². The number of hydrogen-bond donors (Lipinski definition) is 0. The zero-order chi connectivity index (χ0) is 30.3. The van der Waals surface area contributed by atoms with E-state index in [4.69, 9.17) is 8.85 Å². The van der Waals surface area contributed by atoms with Gasteiger partial charge in [0.05, 0.1) is 6.07 Å². The van der Waals surface area contributed by atoms with Crippen LogP contribution in [-0.2, 0) is 13.6 Å². The van der Waals surface area contributed by atoms with Crippen LogP contribution >= 0.6 is 0 Å². The molecular formula is C34H59NO3Si2. The highest BCUT2D eigenvalue weighted by molar-refractivity contribution is 6.74. The van der Waals surface area contributed by atoms with Gasteiger partial charge in [0, 0.05) is 19.3 Å². The highest BCUT2D eigenvalue weighted by Crippen LogP contribution is 2.59. The van der Waals surface area contributed by atoms with Gasteiger partial charge < -0.3 is 8.85 Å². The van der Waals surface area contributed by atoms with E-state index >= 15 is 0 Å². The highest BCUT2D eigenvalue weighted by Gasteiger charge is 2.51. The lowest BCUT2D eigenvalue weighted by atomic mass is 9.61. The Morgan fingerprint density at radius 3 is 1.98 bits per heavy atom. The molecule has 3 saturated carbocycles. The number of ketones is 1. The van der Waals surface area contributed by atoms with Crippen LogP contribution in [0.1, 0.15) is 107 Å². The van der Waals surface area contributed by atoms with Crippen molar-refractivity contribution in [1.29, 1.82) is 5.26 Å². The molecule has 0 heterocycles. The Balaban J connectivity index is 1.91. The van der Waals surface area contributed by atoms with Gasteiger partial charge in [0.25, 0.3) is 0 Å². The first-order valence-corrected chi connectivity index (χ1v) is 21.7. The Kier molecular flexibility index (Phi) is 10.00. The highest BCUT2D eigenvalue weighted by atomic mass is 28.4. The minimum atomic E-state index is -2.13. The van der Waals surface area contributed by atoms with Crippen LogP contribution in [0.3, 0.4) is 0 Å². The van der Waals surface area contributed by atoms with Gasteiger partial charge in [-0.3, -0.25) is 4.79 Å². The van der Waals surface area contributed by atoms with Gasteiger partial charge in [-0.2, -0.15) is 5.26 Å². The van der Waals surface area contributed by atoms with Crippen molar-refractivity contribution in [2.75, 3.05) is 0 Å². The van der Waals surface area contributed by atoms with E-state index in [9.17, 15) is 10.1 Å². The SMILES string of the molecule is C[C@@H](CC#N)C1CCC2/C(=C/C=C3CC(O[Si](C)(C)C(C)(C)C)C(=O)C(O[Si](C)(C)C(C)(C)C)C3)CCCC21C. The molecule has 0 aliphatic heterocycles. The molecule has 3 aliphatic rings. The molecule has 0 aromatic heterocycles. The van der Waals surface area contributed by atoms with Gasteiger partial charge in [-0.05, 0) is 91.5 Å². The summed E-state index contributed by atoms with van der Waals surface area (Å²) >= 11 is 0. The van der Waals surface area contributed by atoms with E-state index in [0.29, 0.717) is 42.4 Å². The average molecular weight is 586 g/mol. The first-order chi connectivity index (χ1) is 18.2. The van der Waals surface area contributed by atoms with Crippen molar-refractivity contribution >= 4 is 22.4 Å². The Labute approximate surface area is 248 Å². The van der Waals surface area contributed by atoms with Crippen LogP contribution in [0, 0.1) is 34.5 Å². The number of fused-ring (bicyclic) bond motifs is 1. The Hall–Kier alpha value is -1.01. The second kappa shape index (κ2) is 11.9. The molecule has 3 fully saturated rings. The first-order valence-electron chi connectivity index (χ1n) is 15.9. The summed E-state index contributed by atoms with van der Waals surface area (Å²) in [7, 11) is -4.25. The number of allylic oxidation sites excluding steroid dienone is 3. The number of hydrogen-bond acceptors (Lipinski definition) is 4. The molecule has 6 atom stereocenters. The van der Waals surface area contributed by atoms with Crippen molar-refractivity contribution in [3.05, 3.63) is 23.3 Å². The third-order valence-electron chi connectivity index (χ3n) is 11.7. The third kappa shape index (κ3) is 6.96. The smallest absolute Gasteiger partial charge is 0.193 e. The summed E-state index contributed by atoms with van der Waals surface area (Å²) < 4.78 is 13.6.